The summed E-state index contributed by atoms with van der Waals surface area (Å²) < 4.78 is 46.4. The standard InChI is InChI=1S/C15H19F3N2O3/c16-15(17,18)23-12-4-2-1-3-10(12)7-8-20-14(21)13-6-5-11(9-19)22-13/h1-4,11,13H,5-9,19H2,(H,20,21)/t11-,13+/m1/s1. The first-order chi connectivity index (χ1) is 10.9. The van der Waals surface area contributed by atoms with Crippen molar-refractivity contribution in [2.24, 2.45) is 5.73 Å². The molecule has 1 heterocycles. The lowest BCUT2D eigenvalue weighted by atomic mass is 10.1. The summed E-state index contributed by atoms with van der Waals surface area (Å²) in [6.07, 6.45) is -3.82. The Morgan fingerprint density at radius 2 is 2.09 bits per heavy atom. The maximum Gasteiger partial charge on any atom is 0.573 e. The Labute approximate surface area is 131 Å². The van der Waals surface area contributed by atoms with Crippen LogP contribution < -0.4 is 15.8 Å². The van der Waals surface area contributed by atoms with Crippen LogP contribution in [0.4, 0.5) is 13.2 Å². The molecule has 1 aromatic rings. The van der Waals surface area contributed by atoms with Gasteiger partial charge in [0.15, 0.2) is 0 Å². The molecule has 8 heteroatoms. The fraction of sp³-hybridized carbons (Fsp3) is 0.533. The predicted molar refractivity (Wildman–Crippen MR) is 76.8 cm³/mol. The number of benzene rings is 1. The molecule has 0 saturated carbocycles. The summed E-state index contributed by atoms with van der Waals surface area (Å²) in [5, 5.41) is 2.67. The van der Waals surface area contributed by atoms with E-state index in [2.05, 4.69) is 10.1 Å². The summed E-state index contributed by atoms with van der Waals surface area (Å²) in [4.78, 5) is 11.9. The van der Waals surface area contributed by atoms with Gasteiger partial charge < -0.3 is 20.5 Å². The number of para-hydroxylation sites is 1. The van der Waals surface area contributed by atoms with Crippen LogP contribution >= 0.6 is 0 Å². The Hall–Kier alpha value is -1.80. The molecule has 1 fully saturated rings. The van der Waals surface area contributed by atoms with Gasteiger partial charge in [-0.1, -0.05) is 18.2 Å². The van der Waals surface area contributed by atoms with E-state index < -0.39 is 12.5 Å². The van der Waals surface area contributed by atoms with Gasteiger partial charge in [0.25, 0.3) is 0 Å². The topological polar surface area (TPSA) is 73.6 Å². The molecule has 0 aliphatic carbocycles. The highest BCUT2D eigenvalue weighted by Crippen LogP contribution is 2.26. The van der Waals surface area contributed by atoms with Crippen LogP contribution in [0.2, 0.25) is 0 Å². The molecule has 0 spiro atoms. The van der Waals surface area contributed by atoms with Gasteiger partial charge in [-0.2, -0.15) is 0 Å². The Morgan fingerprint density at radius 3 is 2.74 bits per heavy atom. The van der Waals surface area contributed by atoms with Crippen molar-refractivity contribution in [1.82, 2.24) is 5.32 Å². The SMILES string of the molecule is NC[C@H]1CC[C@@H](C(=O)NCCc2ccccc2OC(F)(F)F)O1. The molecule has 5 nitrogen and oxygen atoms in total. The van der Waals surface area contributed by atoms with Crippen LogP contribution in [0.1, 0.15) is 18.4 Å². The molecule has 3 N–H and O–H groups in total. The van der Waals surface area contributed by atoms with Gasteiger partial charge in [0.05, 0.1) is 6.10 Å². The summed E-state index contributed by atoms with van der Waals surface area (Å²) in [5.41, 5.74) is 5.85. The molecule has 0 aromatic heterocycles. The number of hydrogen-bond donors (Lipinski definition) is 2. The van der Waals surface area contributed by atoms with Gasteiger partial charge in [0.1, 0.15) is 11.9 Å². The number of hydrogen-bond acceptors (Lipinski definition) is 4. The van der Waals surface area contributed by atoms with Crippen molar-refractivity contribution in [3.8, 4) is 5.75 Å². The highest BCUT2D eigenvalue weighted by atomic mass is 19.4. The zero-order chi connectivity index (χ0) is 16.9. The van der Waals surface area contributed by atoms with E-state index in [-0.39, 0.29) is 30.7 Å². The number of ether oxygens (including phenoxy) is 2. The average molecular weight is 332 g/mol. The zero-order valence-corrected chi connectivity index (χ0v) is 12.4. The van der Waals surface area contributed by atoms with Gasteiger partial charge in [-0.3, -0.25) is 4.79 Å². The third kappa shape index (κ3) is 5.40. The molecular weight excluding hydrogens is 313 g/mol. The Balaban J connectivity index is 1.83. The van der Waals surface area contributed by atoms with Crippen LogP contribution in [-0.4, -0.2) is 37.6 Å². The Morgan fingerprint density at radius 1 is 1.35 bits per heavy atom. The number of rotatable bonds is 6. The van der Waals surface area contributed by atoms with Gasteiger partial charge >= 0.3 is 6.36 Å². The lowest BCUT2D eigenvalue weighted by molar-refractivity contribution is -0.274. The minimum atomic E-state index is -4.74. The number of amides is 1. The fourth-order valence-electron chi connectivity index (χ4n) is 2.44. The van der Waals surface area contributed by atoms with Crippen molar-refractivity contribution in [2.45, 2.75) is 37.8 Å². The molecule has 2 rings (SSSR count). The minimum absolute atomic E-state index is 0.105. The van der Waals surface area contributed by atoms with Gasteiger partial charge in [-0.25, -0.2) is 0 Å². The summed E-state index contributed by atoms with van der Waals surface area (Å²) in [7, 11) is 0. The zero-order valence-electron chi connectivity index (χ0n) is 12.4. The molecular formula is C15H19F3N2O3. The molecule has 1 aliphatic heterocycles. The predicted octanol–water partition coefficient (Wildman–Crippen LogP) is 1.75. The summed E-state index contributed by atoms with van der Waals surface area (Å²) in [6, 6.07) is 5.86. The van der Waals surface area contributed by atoms with Crippen LogP contribution in [-0.2, 0) is 16.0 Å². The van der Waals surface area contributed by atoms with Crippen LogP contribution in [0.25, 0.3) is 0 Å². The molecule has 1 aliphatic rings. The van der Waals surface area contributed by atoms with Crippen LogP contribution in [0.5, 0.6) is 5.75 Å². The van der Waals surface area contributed by atoms with E-state index in [1.54, 1.807) is 6.07 Å². The van der Waals surface area contributed by atoms with Gasteiger partial charge in [-0.15, -0.1) is 13.2 Å². The minimum Gasteiger partial charge on any atom is -0.406 e. The second-order valence-electron chi connectivity index (χ2n) is 5.26. The Bertz CT molecular complexity index is 537. The van der Waals surface area contributed by atoms with Crippen LogP contribution in [0, 0.1) is 0 Å². The first kappa shape index (κ1) is 17.6. The highest BCUT2D eigenvalue weighted by Gasteiger charge is 2.32. The van der Waals surface area contributed by atoms with Crippen molar-refractivity contribution in [1.29, 1.82) is 0 Å². The summed E-state index contributed by atoms with van der Waals surface area (Å²) in [6.45, 7) is 0.566. The third-order valence-corrected chi connectivity index (χ3v) is 3.55. The maximum absolute atomic E-state index is 12.3. The molecule has 1 aromatic carbocycles. The molecule has 1 saturated heterocycles. The molecule has 0 bridgehead atoms. The number of nitrogens with two attached hydrogens (primary N) is 1. The fourth-order valence-corrected chi connectivity index (χ4v) is 2.44. The highest BCUT2D eigenvalue weighted by molar-refractivity contribution is 5.81. The lowest BCUT2D eigenvalue weighted by Gasteiger charge is -2.15. The lowest BCUT2D eigenvalue weighted by Crippen LogP contribution is -2.36. The molecule has 0 radical (unpaired) electrons. The van der Waals surface area contributed by atoms with Crippen LogP contribution in [0.3, 0.4) is 0 Å². The van der Waals surface area contributed by atoms with E-state index in [0.717, 1.165) is 6.42 Å². The largest absolute Gasteiger partial charge is 0.573 e. The third-order valence-electron chi connectivity index (χ3n) is 3.55. The Kier molecular flexibility index (Phi) is 5.84. The van der Waals surface area contributed by atoms with E-state index in [0.29, 0.717) is 18.5 Å². The van der Waals surface area contributed by atoms with Gasteiger partial charge in [-0.05, 0) is 30.9 Å². The number of carbonyl (C=O) groups excluding carboxylic acids is 1. The normalized spacial score (nSPS) is 21.2. The first-order valence-corrected chi connectivity index (χ1v) is 7.36. The maximum atomic E-state index is 12.3. The van der Waals surface area contributed by atoms with Gasteiger partial charge in [0, 0.05) is 13.1 Å². The molecule has 1 amide bonds. The average Bonchev–Trinajstić information content (AvgIpc) is 2.96. The van der Waals surface area contributed by atoms with Crippen molar-refractivity contribution in [2.75, 3.05) is 13.1 Å². The number of nitrogens with one attached hydrogen (secondary N) is 1. The van der Waals surface area contributed by atoms with Crippen molar-refractivity contribution in [3.63, 3.8) is 0 Å². The van der Waals surface area contributed by atoms with E-state index in [1.165, 1.54) is 18.2 Å². The van der Waals surface area contributed by atoms with E-state index in [9.17, 15) is 18.0 Å². The van der Waals surface area contributed by atoms with Gasteiger partial charge in [0.2, 0.25) is 5.91 Å². The number of carbonyl (C=O) groups is 1. The van der Waals surface area contributed by atoms with E-state index in [4.69, 9.17) is 10.5 Å². The monoisotopic (exact) mass is 332 g/mol. The molecule has 0 unspecified atom stereocenters. The van der Waals surface area contributed by atoms with Crippen molar-refractivity contribution < 1.29 is 27.4 Å². The quantitative estimate of drug-likeness (QED) is 0.832. The van der Waals surface area contributed by atoms with Crippen molar-refractivity contribution in [3.05, 3.63) is 29.8 Å². The van der Waals surface area contributed by atoms with Crippen LogP contribution in [0.15, 0.2) is 24.3 Å². The number of alkyl halides is 3. The van der Waals surface area contributed by atoms with E-state index >= 15 is 0 Å². The molecule has 2 atom stereocenters. The summed E-state index contributed by atoms with van der Waals surface area (Å²) in [5.74, 6) is -0.523. The number of halogens is 3. The van der Waals surface area contributed by atoms with E-state index in [1.807, 2.05) is 0 Å². The first-order valence-electron chi connectivity index (χ1n) is 7.36. The van der Waals surface area contributed by atoms with Crippen molar-refractivity contribution >= 4 is 5.91 Å². The second-order valence-corrected chi connectivity index (χ2v) is 5.26. The smallest absolute Gasteiger partial charge is 0.406 e. The molecule has 23 heavy (non-hydrogen) atoms. The summed E-state index contributed by atoms with van der Waals surface area (Å²) >= 11 is 0. The second kappa shape index (κ2) is 7.65. The molecule has 128 valence electrons.